The Hall–Kier alpha value is -1.16. The molecule has 0 unspecified atom stereocenters. The zero-order chi connectivity index (χ0) is 12.1. The van der Waals surface area contributed by atoms with Crippen LogP contribution in [0.15, 0.2) is 17.8 Å². The summed E-state index contributed by atoms with van der Waals surface area (Å²) >= 11 is 1.60. The van der Waals surface area contributed by atoms with Gasteiger partial charge in [-0.25, -0.2) is 4.98 Å². The smallest absolute Gasteiger partial charge is 0.193 e. The fraction of sp³-hybridized carbons (Fsp3) is 0.538. The molecule has 92 valence electrons. The van der Waals surface area contributed by atoms with Crippen LogP contribution < -0.4 is 0 Å². The number of carbonyl (C=O) groups excluding carboxylic acids is 1. The molecule has 2 heterocycles. The number of aromatic nitrogens is 2. The van der Waals surface area contributed by atoms with E-state index in [0.29, 0.717) is 18.6 Å². The third kappa shape index (κ3) is 3.40. The van der Waals surface area contributed by atoms with E-state index in [4.69, 9.17) is 0 Å². The SMILES string of the molecule is CCCCCCC(=O)Cc1cn2ccsc2n1. The van der Waals surface area contributed by atoms with Crippen molar-refractivity contribution in [3.05, 3.63) is 23.5 Å². The highest BCUT2D eigenvalue weighted by Crippen LogP contribution is 2.13. The first-order valence-corrected chi connectivity index (χ1v) is 7.10. The minimum absolute atomic E-state index is 0.312. The van der Waals surface area contributed by atoms with Gasteiger partial charge in [0.05, 0.1) is 12.1 Å². The molecule has 0 aromatic carbocycles. The molecule has 0 fully saturated rings. The first kappa shape index (κ1) is 12.3. The fourth-order valence-corrected chi connectivity index (χ4v) is 2.62. The maximum absolute atomic E-state index is 11.7. The number of hydrogen-bond acceptors (Lipinski definition) is 3. The maximum Gasteiger partial charge on any atom is 0.193 e. The Balaban J connectivity index is 1.80. The van der Waals surface area contributed by atoms with Crippen LogP contribution in [0.5, 0.6) is 0 Å². The van der Waals surface area contributed by atoms with E-state index >= 15 is 0 Å². The molecule has 17 heavy (non-hydrogen) atoms. The molecule has 0 radical (unpaired) electrons. The number of thiazole rings is 1. The Bertz CT molecular complexity index is 458. The van der Waals surface area contributed by atoms with Gasteiger partial charge in [-0.3, -0.25) is 9.20 Å². The number of hydrogen-bond donors (Lipinski definition) is 0. The Morgan fingerprint density at radius 2 is 2.29 bits per heavy atom. The summed E-state index contributed by atoms with van der Waals surface area (Å²) in [5.74, 6) is 0.312. The molecule has 2 aromatic heterocycles. The van der Waals surface area contributed by atoms with Crippen molar-refractivity contribution >= 4 is 22.1 Å². The molecule has 0 atom stereocenters. The highest BCUT2D eigenvalue weighted by atomic mass is 32.1. The van der Waals surface area contributed by atoms with Gasteiger partial charge in [-0.15, -0.1) is 11.3 Å². The molecular formula is C13H18N2OS. The van der Waals surface area contributed by atoms with Gasteiger partial charge in [0, 0.05) is 24.2 Å². The van der Waals surface area contributed by atoms with E-state index in [1.165, 1.54) is 19.3 Å². The molecule has 0 aliphatic carbocycles. The predicted octanol–water partition coefficient (Wildman–Crippen LogP) is 3.48. The largest absolute Gasteiger partial charge is 0.299 e. The van der Waals surface area contributed by atoms with Crippen LogP contribution in [0.2, 0.25) is 0 Å². The highest BCUT2D eigenvalue weighted by Gasteiger charge is 2.07. The van der Waals surface area contributed by atoms with Gasteiger partial charge in [-0.1, -0.05) is 26.2 Å². The van der Waals surface area contributed by atoms with Gasteiger partial charge < -0.3 is 0 Å². The van der Waals surface area contributed by atoms with Crippen molar-refractivity contribution in [3.63, 3.8) is 0 Å². The van der Waals surface area contributed by atoms with Crippen molar-refractivity contribution in [1.29, 1.82) is 0 Å². The van der Waals surface area contributed by atoms with Crippen molar-refractivity contribution in [3.8, 4) is 0 Å². The standard InChI is InChI=1S/C13H18N2OS/c1-2-3-4-5-6-12(16)9-11-10-15-7-8-17-13(15)14-11/h7-8,10H,2-6,9H2,1H3. The molecular weight excluding hydrogens is 232 g/mol. The summed E-state index contributed by atoms with van der Waals surface area (Å²) in [7, 11) is 0. The minimum Gasteiger partial charge on any atom is -0.299 e. The molecule has 3 nitrogen and oxygen atoms in total. The van der Waals surface area contributed by atoms with Crippen LogP contribution in [-0.2, 0) is 11.2 Å². The molecule has 0 aliphatic rings. The topological polar surface area (TPSA) is 34.4 Å². The first-order valence-electron chi connectivity index (χ1n) is 6.22. The van der Waals surface area contributed by atoms with Crippen LogP contribution in [0.25, 0.3) is 4.96 Å². The molecule has 4 heteroatoms. The van der Waals surface area contributed by atoms with Crippen LogP contribution in [0.1, 0.15) is 44.7 Å². The monoisotopic (exact) mass is 250 g/mol. The van der Waals surface area contributed by atoms with Gasteiger partial charge in [0.1, 0.15) is 5.78 Å². The Kier molecular flexibility index (Phi) is 4.31. The zero-order valence-electron chi connectivity index (χ0n) is 10.2. The van der Waals surface area contributed by atoms with E-state index in [9.17, 15) is 4.79 Å². The molecule has 0 saturated heterocycles. The van der Waals surface area contributed by atoms with Gasteiger partial charge in [-0.2, -0.15) is 0 Å². The van der Waals surface area contributed by atoms with E-state index in [-0.39, 0.29) is 0 Å². The Labute approximate surface area is 105 Å². The van der Waals surface area contributed by atoms with E-state index in [1.807, 2.05) is 22.2 Å². The molecule has 0 spiro atoms. The van der Waals surface area contributed by atoms with Gasteiger partial charge in [0.15, 0.2) is 4.96 Å². The normalized spacial score (nSPS) is 11.1. The van der Waals surface area contributed by atoms with Gasteiger partial charge in [0.2, 0.25) is 0 Å². The zero-order valence-corrected chi connectivity index (χ0v) is 11.0. The summed E-state index contributed by atoms with van der Waals surface area (Å²) in [6.07, 6.45) is 9.75. The van der Waals surface area contributed by atoms with Gasteiger partial charge in [-0.05, 0) is 6.42 Å². The van der Waals surface area contributed by atoms with Crippen LogP contribution in [0.4, 0.5) is 0 Å². The van der Waals surface area contributed by atoms with Crippen LogP contribution in [-0.4, -0.2) is 15.2 Å². The van der Waals surface area contributed by atoms with Crippen molar-refractivity contribution in [2.75, 3.05) is 0 Å². The first-order chi connectivity index (χ1) is 8.29. The summed E-state index contributed by atoms with van der Waals surface area (Å²) < 4.78 is 1.98. The number of nitrogens with zero attached hydrogens (tertiary/aromatic N) is 2. The van der Waals surface area contributed by atoms with Crippen LogP contribution in [0, 0.1) is 0 Å². The van der Waals surface area contributed by atoms with Gasteiger partial charge >= 0.3 is 0 Å². The summed E-state index contributed by atoms with van der Waals surface area (Å²) in [5, 5.41) is 2.00. The van der Waals surface area contributed by atoms with E-state index in [0.717, 1.165) is 17.1 Å². The molecule has 0 aliphatic heterocycles. The van der Waals surface area contributed by atoms with Gasteiger partial charge in [0.25, 0.3) is 0 Å². The molecule has 0 amide bonds. The molecule has 0 bridgehead atoms. The summed E-state index contributed by atoms with van der Waals surface area (Å²) in [4.78, 5) is 17.1. The van der Waals surface area contributed by atoms with E-state index in [1.54, 1.807) is 11.3 Å². The Morgan fingerprint density at radius 3 is 3.06 bits per heavy atom. The lowest BCUT2D eigenvalue weighted by molar-refractivity contribution is -0.118. The average molecular weight is 250 g/mol. The molecule has 2 aromatic rings. The van der Waals surface area contributed by atoms with Crippen LogP contribution in [0.3, 0.4) is 0 Å². The lowest BCUT2D eigenvalue weighted by Gasteiger charge is -1.98. The number of fused-ring (bicyclic) bond motifs is 1. The average Bonchev–Trinajstić information content (AvgIpc) is 2.84. The van der Waals surface area contributed by atoms with Crippen LogP contribution >= 0.6 is 11.3 Å². The maximum atomic E-state index is 11.7. The number of carbonyl (C=O) groups is 1. The second-order valence-electron chi connectivity index (χ2n) is 4.35. The molecule has 0 N–H and O–H groups in total. The predicted molar refractivity (Wildman–Crippen MR) is 70.5 cm³/mol. The molecule has 2 rings (SSSR count). The fourth-order valence-electron chi connectivity index (χ4n) is 1.90. The van der Waals surface area contributed by atoms with Crippen molar-refractivity contribution < 1.29 is 4.79 Å². The van der Waals surface area contributed by atoms with E-state index in [2.05, 4.69) is 11.9 Å². The summed E-state index contributed by atoms with van der Waals surface area (Å²) in [6, 6.07) is 0. The quantitative estimate of drug-likeness (QED) is 0.705. The second kappa shape index (κ2) is 5.96. The molecule has 0 saturated carbocycles. The summed E-state index contributed by atoms with van der Waals surface area (Å²) in [5.41, 5.74) is 0.900. The van der Waals surface area contributed by atoms with E-state index < -0.39 is 0 Å². The highest BCUT2D eigenvalue weighted by molar-refractivity contribution is 7.15. The van der Waals surface area contributed by atoms with Crippen molar-refractivity contribution in [1.82, 2.24) is 9.38 Å². The number of rotatable bonds is 7. The third-order valence-corrected chi connectivity index (χ3v) is 3.60. The minimum atomic E-state index is 0.312. The number of ketones is 1. The third-order valence-electron chi connectivity index (χ3n) is 2.83. The van der Waals surface area contributed by atoms with Crippen molar-refractivity contribution in [2.45, 2.75) is 45.4 Å². The van der Waals surface area contributed by atoms with Crippen molar-refractivity contribution in [2.24, 2.45) is 0 Å². The second-order valence-corrected chi connectivity index (χ2v) is 5.22. The number of Topliss-reactive ketones (excluding diaryl/α,β-unsaturated/α-hetero) is 1. The summed E-state index contributed by atoms with van der Waals surface area (Å²) in [6.45, 7) is 2.18. The number of imidazole rings is 1. The number of unbranched alkanes of at least 4 members (excludes halogenated alkanes) is 3. The lowest BCUT2D eigenvalue weighted by Crippen LogP contribution is -2.02. The Morgan fingerprint density at radius 1 is 1.41 bits per heavy atom. The lowest BCUT2D eigenvalue weighted by atomic mass is 10.1.